The van der Waals surface area contributed by atoms with Gasteiger partial charge in [-0.15, -0.1) is 11.3 Å². The molecule has 0 spiro atoms. The number of carbonyl (C=O) groups excluding carboxylic acids is 1. The van der Waals surface area contributed by atoms with Gasteiger partial charge in [-0.3, -0.25) is 9.59 Å². The van der Waals surface area contributed by atoms with Crippen LogP contribution in [0.4, 0.5) is 5.00 Å². The first-order valence-electron chi connectivity index (χ1n) is 8.36. The Morgan fingerprint density at radius 2 is 1.92 bits per heavy atom. The summed E-state index contributed by atoms with van der Waals surface area (Å²) in [6.07, 6.45) is 8.67. The van der Waals surface area contributed by atoms with E-state index in [0.29, 0.717) is 10.6 Å². The Morgan fingerprint density at radius 1 is 1.21 bits per heavy atom. The normalized spacial score (nSPS) is 30.0. The summed E-state index contributed by atoms with van der Waals surface area (Å²) in [5, 5.41) is 22.5. The second-order valence-corrected chi connectivity index (χ2v) is 7.96. The van der Waals surface area contributed by atoms with Gasteiger partial charge in [0.1, 0.15) is 11.1 Å². The van der Waals surface area contributed by atoms with Gasteiger partial charge < -0.3 is 10.4 Å². The van der Waals surface area contributed by atoms with E-state index < -0.39 is 17.8 Å². The number of fused-ring (bicyclic) bond motifs is 3. The second-order valence-electron chi connectivity index (χ2n) is 6.85. The molecule has 0 aliphatic heterocycles. The van der Waals surface area contributed by atoms with Crippen LogP contribution in [0.5, 0.6) is 0 Å². The quantitative estimate of drug-likeness (QED) is 0.826. The molecule has 1 aromatic heterocycles. The number of rotatable bonds is 3. The van der Waals surface area contributed by atoms with Crippen molar-refractivity contribution in [3.05, 3.63) is 28.2 Å². The fourth-order valence-electron chi connectivity index (χ4n) is 4.48. The Morgan fingerprint density at radius 3 is 2.62 bits per heavy atom. The van der Waals surface area contributed by atoms with Gasteiger partial charge in [0.2, 0.25) is 5.91 Å². The molecule has 1 aromatic rings. The van der Waals surface area contributed by atoms with Crippen molar-refractivity contribution in [2.75, 3.05) is 5.32 Å². The highest BCUT2D eigenvalue weighted by molar-refractivity contribution is 7.16. The Hall–Kier alpha value is -2.13. The highest BCUT2D eigenvalue weighted by atomic mass is 32.1. The lowest BCUT2D eigenvalue weighted by Gasteiger charge is -2.23. The molecule has 1 heterocycles. The van der Waals surface area contributed by atoms with Gasteiger partial charge in [0.15, 0.2) is 0 Å². The van der Waals surface area contributed by atoms with Crippen LogP contribution in [-0.4, -0.2) is 17.0 Å². The number of allylic oxidation sites excluding steroid dienone is 2. The summed E-state index contributed by atoms with van der Waals surface area (Å²) in [7, 11) is 0. The van der Waals surface area contributed by atoms with Crippen LogP contribution in [-0.2, 0) is 22.4 Å². The molecule has 1 amide bonds. The maximum Gasteiger partial charge on any atom is 0.307 e. The molecule has 5 nitrogen and oxygen atoms in total. The van der Waals surface area contributed by atoms with Gasteiger partial charge in [0.25, 0.3) is 0 Å². The number of aliphatic carboxylic acids is 1. The summed E-state index contributed by atoms with van der Waals surface area (Å²) in [4.78, 5) is 25.6. The Balaban J connectivity index is 1.61. The number of carbonyl (C=O) groups is 2. The maximum absolute atomic E-state index is 12.8. The summed E-state index contributed by atoms with van der Waals surface area (Å²) >= 11 is 1.48. The van der Waals surface area contributed by atoms with E-state index in [1.165, 1.54) is 16.2 Å². The zero-order valence-electron chi connectivity index (χ0n) is 13.1. The molecule has 2 bridgehead atoms. The number of hydrogen-bond donors (Lipinski definition) is 2. The van der Waals surface area contributed by atoms with Crippen molar-refractivity contribution in [1.29, 1.82) is 5.26 Å². The van der Waals surface area contributed by atoms with Crippen molar-refractivity contribution in [2.24, 2.45) is 23.7 Å². The number of hydrogen-bond acceptors (Lipinski definition) is 4. The minimum atomic E-state index is -0.905. The summed E-state index contributed by atoms with van der Waals surface area (Å²) < 4.78 is 0. The van der Waals surface area contributed by atoms with E-state index in [1.807, 2.05) is 12.2 Å². The highest BCUT2D eigenvalue weighted by Crippen LogP contribution is 2.49. The van der Waals surface area contributed by atoms with Crippen LogP contribution < -0.4 is 5.32 Å². The van der Waals surface area contributed by atoms with Crippen molar-refractivity contribution in [1.82, 2.24) is 0 Å². The average Bonchev–Trinajstić information content (AvgIpc) is 3.26. The predicted molar refractivity (Wildman–Crippen MR) is 89.7 cm³/mol. The Labute approximate surface area is 144 Å². The molecular formula is C18H18N2O3S. The largest absolute Gasteiger partial charge is 0.481 e. The number of carboxylic acids is 1. The summed E-state index contributed by atoms with van der Waals surface area (Å²) in [5.74, 6) is -2.40. The van der Waals surface area contributed by atoms with Gasteiger partial charge in [-0.2, -0.15) is 5.26 Å². The smallest absolute Gasteiger partial charge is 0.307 e. The van der Waals surface area contributed by atoms with E-state index in [1.54, 1.807) is 0 Å². The molecular weight excluding hydrogens is 324 g/mol. The lowest BCUT2D eigenvalue weighted by Crippen LogP contribution is -2.36. The van der Waals surface area contributed by atoms with Gasteiger partial charge in [-0.05, 0) is 49.5 Å². The minimum absolute atomic E-state index is 0.00350. The van der Waals surface area contributed by atoms with E-state index in [2.05, 4.69) is 11.4 Å². The van der Waals surface area contributed by atoms with E-state index in [0.717, 1.165) is 37.7 Å². The van der Waals surface area contributed by atoms with Crippen molar-refractivity contribution in [3.63, 3.8) is 0 Å². The molecule has 24 heavy (non-hydrogen) atoms. The minimum Gasteiger partial charge on any atom is -0.481 e. The topological polar surface area (TPSA) is 90.2 Å². The predicted octanol–water partition coefficient (Wildman–Crippen LogP) is 2.96. The van der Waals surface area contributed by atoms with Crippen LogP contribution in [0.15, 0.2) is 12.2 Å². The monoisotopic (exact) mass is 342 g/mol. The number of aryl methyl sites for hydroxylation is 1. The number of nitrogens with zero attached hydrogens (tertiary/aromatic N) is 1. The highest BCUT2D eigenvalue weighted by Gasteiger charge is 2.51. The Bertz CT molecular complexity index is 789. The van der Waals surface area contributed by atoms with Crippen LogP contribution in [0.2, 0.25) is 0 Å². The van der Waals surface area contributed by atoms with Gasteiger partial charge in [0.05, 0.1) is 17.4 Å². The van der Waals surface area contributed by atoms with Gasteiger partial charge in [-0.1, -0.05) is 12.2 Å². The van der Waals surface area contributed by atoms with Crippen molar-refractivity contribution in [2.45, 2.75) is 32.1 Å². The molecule has 4 atom stereocenters. The number of anilines is 1. The first-order valence-corrected chi connectivity index (χ1v) is 9.18. The van der Waals surface area contributed by atoms with Crippen molar-refractivity contribution < 1.29 is 14.7 Å². The summed E-state index contributed by atoms with van der Waals surface area (Å²) in [6, 6.07) is 2.23. The molecule has 3 aliphatic rings. The molecule has 1 fully saturated rings. The molecule has 0 saturated heterocycles. The van der Waals surface area contributed by atoms with E-state index in [9.17, 15) is 20.0 Å². The van der Waals surface area contributed by atoms with Crippen molar-refractivity contribution >= 4 is 28.2 Å². The van der Waals surface area contributed by atoms with Crippen LogP contribution >= 0.6 is 11.3 Å². The molecule has 4 rings (SSSR count). The first kappa shape index (κ1) is 15.4. The van der Waals surface area contributed by atoms with Crippen LogP contribution in [0, 0.1) is 35.0 Å². The number of nitrogens with one attached hydrogen (secondary N) is 1. The number of nitriles is 1. The molecule has 4 unspecified atom stereocenters. The van der Waals surface area contributed by atoms with Gasteiger partial charge in [-0.25, -0.2) is 0 Å². The standard InChI is InChI=1S/C18H18N2O3S/c19-8-12-11-3-1-2-4-13(11)24-17(12)20-16(21)14-9-5-6-10(7-9)15(14)18(22)23/h5-6,9-10,14-15H,1-4,7H2,(H,20,21)(H,22,23). The second kappa shape index (κ2) is 5.75. The molecule has 3 aliphatic carbocycles. The summed E-state index contributed by atoms with van der Waals surface area (Å²) in [6.45, 7) is 0. The van der Waals surface area contributed by atoms with E-state index in [4.69, 9.17) is 0 Å². The van der Waals surface area contributed by atoms with E-state index in [-0.39, 0.29) is 17.7 Å². The van der Waals surface area contributed by atoms with Crippen LogP contribution in [0.1, 0.15) is 35.3 Å². The van der Waals surface area contributed by atoms with Crippen LogP contribution in [0.3, 0.4) is 0 Å². The zero-order chi connectivity index (χ0) is 16.8. The lowest BCUT2D eigenvalue weighted by molar-refractivity contribution is -0.146. The lowest BCUT2D eigenvalue weighted by atomic mass is 9.82. The third kappa shape index (κ3) is 2.27. The number of amides is 1. The molecule has 0 aromatic carbocycles. The molecule has 124 valence electrons. The van der Waals surface area contributed by atoms with E-state index >= 15 is 0 Å². The fourth-order valence-corrected chi connectivity index (χ4v) is 5.73. The molecule has 6 heteroatoms. The van der Waals surface area contributed by atoms with Crippen LogP contribution in [0.25, 0.3) is 0 Å². The molecule has 0 radical (unpaired) electrons. The van der Waals surface area contributed by atoms with Crippen molar-refractivity contribution in [3.8, 4) is 6.07 Å². The fraction of sp³-hybridized carbons (Fsp3) is 0.500. The first-order chi connectivity index (χ1) is 11.6. The Kier molecular flexibility index (Phi) is 3.69. The third-order valence-corrected chi connectivity index (χ3v) is 6.77. The maximum atomic E-state index is 12.8. The number of thiophene rings is 1. The third-order valence-electron chi connectivity index (χ3n) is 5.57. The summed E-state index contributed by atoms with van der Waals surface area (Å²) in [5.41, 5.74) is 1.65. The molecule has 2 N–H and O–H groups in total. The van der Waals surface area contributed by atoms with Gasteiger partial charge in [0, 0.05) is 4.88 Å². The SMILES string of the molecule is N#Cc1c(NC(=O)C2C3C=CC(C3)C2C(=O)O)sc2c1CCCC2. The number of carboxylic acid groups (broad SMARTS) is 1. The molecule has 1 saturated carbocycles. The zero-order valence-corrected chi connectivity index (χ0v) is 13.9. The average molecular weight is 342 g/mol. The van der Waals surface area contributed by atoms with Gasteiger partial charge >= 0.3 is 5.97 Å².